The number of benzene rings is 2. The van der Waals surface area contributed by atoms with Gasteiger partial charge in [-0.2, -0.15) is 0 Å². The van der Waals surface area contributed by atoms with Crippen molar-refractivity contribution in [3.05, 3.63) is 65.7 Å². The lowest BCUT2D eigenvalue weighted by atomic mass is 9.65. The smallest absolute Gasteiger partial charge is 0.408 e. The van der Waals surface area contributed by atoms with E-state index < -0.39 is 209 Å². The maximum atomic E-state index is 17.0. The molecule has 23 N–H and O–H groups in total. The van der Waals surface area contributed by atoms with Gasteiger partial charge in [0.2, 0.25) is 35.4 Å². The highest BCUT2D eigenvalue weighted by Gasteiger charge is 2.66. The van der Waals surface area contributed by atoms with Crippen molar-refractivity contribution in [3.8, 4) is 0 Å². The highest BCUT2D eigenvalue weighted by atomic mass is 16.6. The van der Waals surface area contributed by atoms with Crippen LogP contribution in [0.25, 0.3) is 0 Å². The first-order chi connectivity index (χ1) is 47.0. The zero-order valence-electron chi connectivity index (χ0n) is 61.9. The van der Waals surface area contributed by atoms with Gasteiger partial charge in [-0.05, 0) is 112 Å². The Balaban J connectivity index is 3.21. The molecule has 0 aliphatic rings. The standard InChI is InChI=1S/C70H115N15O17/c1-17-38(6)52(60(95)84-53(39(7)87)59(94)78-34-49(88)79-46(31-40-23-19-18-20-24-40)58(93)80-48(35-86)63(98)99)83-57(92)45(27-22-28-77-65(75)76)81-64(100)70(56(91)44(73)32-67(8,9)10,50(36(2)3)55(90)43(72)30-41-25-21-26-42(71)29-41)85(62(97)51(74)54(89)37(4)5)61(96)47(33-68(11,12)13)82-66(101)102-69(14,15)16/h18-21,23-26,29,36-39,43-48,50-54,86-87,89H,17,22,27-28,30-35,71-74H2,1-16H3,(H,78,94)(H,79,88)(H,80,93)(H,81,100)(H,82,101)(H,83,92)(H,84,95)(H,98,99)(H4,75,76,77)/t38?,39-,43-,44-,45+,46-,47+,48-,50?,51-,52-,53-,54+,70+/m0/s1. The Kier molecular flexibility index (Phi) is 34.8. The molecule has 2 aromatic rings. The molecular weight excluding hydrogens is 1320 g/mol. The van der Waals surface area contributed by atoms with Crippen LogP contribution >= 0.6 is 0 Å². The van der Waals surface area contributed by atoms with Crippen LogP contribution in [0.5, 0.6) is 0 Å². The number of carboxylic acids is 1. The van der Waals surface area contributed by atoms with Gasteiger partial charge in [0.1, 0.15) is 47.9 Å². The Labute approximate surface area is 597 Å². The van der Waals surface area contributed by atoms with Crippen molar-refractivity contribution in [2.24, 2.45) is 68.2 Å². The summed E-state index contributed by atoms with van der Waals surface area (Å²) in [5.74, 6) is -20.2. The molecule has 9 amide bonds. The maximum Gasteiger partial charge on any atom is 0.408 e. The number of nitrogens with one attached hydrogen (secondary N) is 7. The van der Waals surface area contributed by atoms with Crippen LogP contribution in [0.3, 0.4) is 0 Å². The third-order valence-electron chi connectivity index (χ3n) is 16.6. The molecule has 14 atom stereocenters. The molecule has 0 fully saturated rings. The van der Waals surface area contributed by atoms with E-state index in [9.17, 15) is 49.2 Å². The Morgan fingerprint density at radius 1 is 0.618 bits per heavy atom. The van der Waals surface area contributed by atoms with Gasteiger partial charge in [-0.3, -0.25) is 57.8 Å². The van der Waals surface area contributed by atoms with Gasteiger partial charge >= 0.3 is 12.1 Å². The lowest BCUT2D eigenvalue weighted by Gasteiger charge is -2.49. The zero-order chi connectivity index (χ0) is 78.3. The number of nitrogens with two attached hydrogens (primary N) is 6. The van der Waals surface area contributed by atoms with Crippen LogP contribution < -0.4 is 71.6 Å². The van der Waals surface area contributed by atoms with Gasteiger partial charge in [-0.25, -0.2) is 9.59 Å². The van der Waals surface area contributed by atoms with Gasteiger partial charge in [-0.1, -0.05) is 132 Å². The van der Waals surface area contributed by atoms with E-state index in [0.29, 0.717) is 11.1 Å². The highest BCUT2D eigenvalue weighted by Crippen LogP contribution is 2.40. The number of anilines is 1. The normalized spacial score (nSPS) is 16.3. The maximum absolute atomic E-state index is 17.0. The molecule has 0 spiro atoms. The summed E-state index contributed by atoms with van der Waals surface area (Å²) in [5, 5.41) is 58.9. The van der Waals surface area contributed by atoms with Crippen molar-refractivity contribution in [3.63, 3.8) is 0 Å². The van der Waals surface area contributed by atoms with Crippen LogP contribution in [0.15, 0.2) is 59.6 Å². The number of aliphatic hydroxyl groups excluding tert-OH is 3. The third-order valence-corrected chi connectivity index (χ3v) is 16.6. The van der Waals surface area contributed by atoms with Crippen LogP contribution in [0, 0.1) is 34.5 Å². The number of nitrogens with zero attached hydrogens (tertiary/aromatic N) is 2. The average molecular weight is 1440 g/mol. The summed E-state index contributed by atoms with van der Waals surface area (Å²) in [6, 6.07) is -2.03. The zero-order valence-corrected chi connectivity index (χ0v) is 61.9. The number of amides is 9. The fraction of sp³-hybridized carbons (Fsp3) is 0.643. The number of Topliss-reactive ketones (excluding diaryl/α,β-unsaturated/α-hetero) is 2. The number of guanidine groups is 1. The molecule has 32 heteroatoms. The number of hydrogen-bond donors (Lipinski definition) is 17. The Morgan fingerprint density at radius 2 is 1.19 bits per heavy atom. The number of aliphatic imine (C=N–C) groups is 1. The number of alkyl carbamates (subject to hydrolysis) is 1. The van der Waals surface area contributed by atoms with Crippen LogP contribution in [0.4, 0.5) is 10.5 Å². The third kappa shape index (κ3) is 27.6. The van der Waals surface area contributed by atoms with Crippen LogP contribution in [-0.2, 0) is 70.3 Å². The SMILES string of the molecule is CCC(C)[C@H](NC(=O)[C@@H](CCCN=C(N)N)NC(=O)[C@](C(=O)[C@@H](N)CC(C)(C)C)(C(C(=O)[C@@H](N)Cc1cccc(N)c1)C(C)C)N(C(=O)[C@@H](N)[C@H](O)C(C)C)C(=O)[C@@H](CC(C)(C)C)NC(=O)OC(C)(C)C)C(=O)N[C@H](C(=O)NCC(=O)N[C@@H](Cc1ccccc1)C(=O)N[C@@H](CO)C(=O)O)[C@H](C)O. The number of hydrogen-bond acceptors (Lipinski definition) is 21. The van der Waals surface area contributed by atoms with Crippen molar-refractivity contribution >= 4 is 82.5 Å². The second kappa shape index (κ2) is 39.7. The number of ether oxygens (including phenoxy) is 1. The summed E-state index contributed by atoms with van der Waals surface area (Å²) in [6.07, 6.45) is -6.59. The molecule has 0 heterocycles. The van der Waals surface area contributed by atoms with E-state index in [-0.39, 0.29) is 55.7 Å². The summed E-state index contributed by atoms with van der Waals surface area (Å²) in [7, 11) is 0. The number of aliphatic hydroxyl groups is 3. The number of rotatable bonds is 39. The molecule has 0 saturated heterocycles. The summed E-state index contributed by atoms with van der Waals surface area (Å²) in [6.45, 7) is 22.6. The number of imide groups is 1. The largest absolute Gasteiger partial charge is 0.480 e. The second-order valence-corrected chi connectivity index (χ2v) is 30.1. The van der Waals surface area contributed by atoms with Gasteiger partial charge in [-0.15, -0.1) is 0 Å². The van der Waals surface area contributed by atoms with E-state index in [1.54, 1.807) is 97.0 Å². The molecule has 2 rings (SSSR count). The minimum atomic E-state index is -3.63. The first kappa shape index (κ1) is 89.4. The molecule has 102 heavy (non-hydrogen) atoms. The number of aliphatic carboxylic acids is 1. The van der Waals surface area contributed by atoms with Crippen molar-refractivity contribution < 1.29 is 82.7 Å². The van der Waals surface area contributed by atoms with Crippen LogP contribution in [0.2, 0.25) is 0 Å². The molecular formula is C70H115N15O17. The van der Waals surface area contributed by atoms with E-state index in [2.05, 4.69) is 42.2 Å². The van der Waals surface area contributed by atoms with Crippen LogP contribution in [-0.4, -0.2) is 200 Å². The number of carbonyl (C=O) groups excluding carboxylic acids is 11. The predicted molar refractivity (Wildman–Crippen MR) is 382 cm³/mol. The van der Waals surface area contributed by atoms with Crippen molar-refractivity contribution in [1.82, 2.24) is 42.1 Å². The van der Waals surface area contributed by atoms with E-state index in [0.717, 1.165) is 6.92 Å². The minimum Gasteiger partial charge on any atom is -0.480 e. The van der Waals surface area contributed by atoms with Crippen molar-refractivity contribution in [2.75, 3.05) is 25.4 Å². The summed E-state index contributed by atoms with van der Waals surface area (Å²) >= 11 is 0. The van der Waals surface area contributed by atoms with Gasteiger partial charge in [0.25, 0.3) is 11.8 Å². The Morgan fingerprint density at radius 3 is 1.69 bits per heavy atom. The molecule has 0 bridgehead atoms. The first-order valence-electron chi connectivity index (χ1n) is 34.2. The molecule has 0 aromatic heterocycles. The van der Waals surface area contributed by atoms with Crippen molar-refractivity contribution in [1.29, 1.82) is 0 Å². The van der Waals surface area contributed by atoms with E-state index in [1.165, 1.54) is 61.5 Å². The minimum absolute atomic E-state index is 0.112. The predicted octanol–water partition coefficient (Wildman–Crippen LogP) is -0.580. The average Bonchev–Trinajstić information content (AvgIpc) is 0.718. The fourth-order valence-corrected chi connectivity index (χ4v) is 11.4. The summed E-state index contributed by atoms with van der Waals surface area (Å²) in [4.78, 5) is 184. The topological polar surface area (TPSA) is 551 Å². The summed E-state index contributed by atoms with van der Waals surface area (Å²) < 4.78 is 5.62. The van der Waals surface area contributed by atoms with E-state index in [4.69, 9.17) is 39.1 Å². The molecule has 0 aliphatic carbocycles. The molecule has 0 aliphatic heterocycles. The van der Waals surface area contributed by atoms with Gasteiger partial charge < -0.3 is 96.8 Å². The van der Waals surface area contributed by atoms with Gasteiger partial charge in [0.15, 0.2) is 23.1 Å². The second-order valence-electron chi connectivity index (χ2n) is 30.1. The molecule has 2 aromatic carbocycles. The van der Waals surface area contributed by atoms with Crippen LogP contribution in [0.1, 0.15) is 154 Å². The quantitative estimate of drug-likeness (QED) is 0.0131. The molecule has 32 nitrogen and oxygen atoms in total. The lowest BCUT2D eigenvalue weighted by Crippen LogP contribution is -2.79. The Bertz CT molecular complexity index is 3240. The summed E-state index contributed by atoms with van der Waals surface area (Å²) in [5.41, 5.74) is 32.7. The van der Waals surface area contributed by atoms with E-state index >= 15 is 28.8 Å². The number of carboxylic acid groups (broad SMARTS) is 1. The first-order valence-corrected chi connectivity index (χ1v) is 34.2. The number of nitrogen functional groups attached to an aromatic ring is 1. The molecule has 2 unspecified atom stereocenters. The molecule has 0 saturated carbocycles. The van der Waals surface area contributed by atoms with E-state index in [1.807, 2.05) is 0 Å². The molecule has 0 radical (unpaired) electrons. The molecule has 572 valence electrons. The fourth-order valence-electron chi connectivity index (χ4n) is 11.4. The number of carbonyl (C=O) groups is 12. The number of ketones is 2. The van der Waals surface area contributed by atoms with Crippen molar-refractivity contribution in [2.45, 2.75) is 233 Å². The lowest BCUT2D eigenvalue weighted by molar-refractivity contribution is -0.174. The Hall–Kier alpha value is -8.69. The highest BCUT2D eigenvalue weighted by molar-refractivity contribution is 6.23. The monoisotopic (exact) mass is 1440 g/mol. The van der Waals surface area contributed by atoms with Gasteiger partial charge in [0.05, 0.1) is 43.4 Å². The van der Waals surface area contributed by atoms with Gasteiger partial charge in [0, 0.05) is 18.7 Å².